The number of aliphatic hydroxyl groups excluding tert-OH is 1. The first-order valence-corrected chi connectivity index (χ1v) is 7.13. The Kier molecular flexibility index (Phi) is 6.02. The molecule has 0 unspecified atom stereocenters. The number of nitrogens with zero attached hydrogens (tertiary/aromatic N) is 2. The van der Waals surface area contributed by atoms with Crippen molar-refractivity contribution in [3.8, 4) is 0 Å². The highest BCUT2D eigenvalue weighted by Gasteiger charge is 2.26. The third kappa shape index (κ3) is 3.56. The predicted octanol–water partition coefficient (Wildman–Crippen LogP) is 2.43. The van der Waals surface area contributed by atoms with E-state index in [1.165, 1.54) is 0 Å². The summed E-state index contributed by atoms with van der Waals surface area (Å²) in [6.07, 6.45) is 4.11. The highest BCUT2D eigenvalue weighted by Crippen LogP contribution is 2.26. The Hall–Kier alpha value is -1.36. The van der Waals surface area contributed by atoms with Gasteiger partial charge in [0.2, 0.25) is 0 Å². The van der Waals surface area contributed by atoms with E-state index in [0.717, 1.165) is 43.0 Å². The number of nitrogens with one attached hydrogen (secondary N) is 2. The Labute approximate surface area is 115 Å². The van der Waals surface area contributed by atoms with Crippen LogP contribution in [0.4, 0.5) is 11.6 Å². The number of hydrogen-bond acceptors (Lipinski definition) is 5. The standard InChI is InChI=1S/C14H26N4O/c1-5-11-12(15-8-4)16-10-17-13(11)18-14(6-2,7-3)9-19/h10,19H,5-9H2,1-4H3,(H2,15,16,17,18). The molecule has 0 fully saturated rings. The molecule has 0 bridgehead atoms. The molecule has 0 atom stereocenters. The Morgan fingerprint density at radius 1 is 1.11 bits per heavy atom. The van der Waals surface area contributed by atoms with Crippen molar-refractivity contribution in [3.63, 3.8) is 0 Å². The van der Waals surface area contributed by atoms with Gasteiger partial charge in [0.25, 0.3) is 0 Å². The molecule has 1 aromatic rings. The lowest BCUT2D eigenvalue weighted by molar-refractivity contribution is 0.202. The average molecular weight is 266 g/mol. The quantitative estimate of drug-likeness (QED) is 0.674. The van der Waals surface area contributed by atoms with Crippen LogP contribution in [0.2, 0.25) is 0 Å². The zero-order valence-corrected chi connectivity index (χ0v) is 12.5. The summed E-state index contributed by atoms with van der Waals surface area (Å²) in [6.45, 7) is 9.21. The van der Waals surface area contributed by atoms with Crippen LogP contribution < -0.4 is 10.6 Å². The normalized spacial score (nSPS) is 11.4. The lowest BCUT2D eigenvalue weighted by Crippen LogP contribution is -2.41. The first kappa shape index (κ1) is 15.7. The maximum Gasteiger partial charge on any atom is 0.135 e. The van der Waals surface area contributed by atoms with Crippen LogP contribution >= 0.6 is 0 Å². The van der Waals surface area contributed by atoms with E-state index in [2.05, 4.69) is 41.4 Å². The van der Waals surface area contributed by atoms with Gasteiger partial charge < -0.3 is 15.7 Å². The van der Waals surface area contributed by atoms with Crippen molar-refractivity contribution in [1.29, 1.82) is 0 Å². The molecule has 1 heterocycles. The van der Waals surface area contributed by atoms with Crippen LogP contribution in [0.3, 0.4) is 0 Å². The average Bonchev–Trinajstić information content (AvgIpc) is 2.45. The molecule has 5 heteroatoms. The van der Waals surface area contributed by atoms with Gasteiger partial charge in [-0.1, -0.05) is 20.8 Å². The van der Waals surface area contributed by atoms with Gasteiger partial charge in [-0.25, -0.2) is 9.97 Å². The fourth-order valence-corrected chi connectivity index (χ4v) is 2.12. The van der Waals surface area contributed by atoms with Crippen molar-refractivity contribution in [3.05, 3.63) is 11.9 Å². The summed E-state index contributed by atoms with van der Waals surface area (Å²) in [5.41, 5.74) is 0.769. The van der Waals surface area contributed by atoms with Crippen molar-refractivity contribution >= 4 is 11.6 Å². The Morgan fingerprint density at radius 3 is 2.21 bits per heavy atom. The summed E-state index contributed by atoms with van der Waals surface area (Å²) in [5, 5.41) is 16.3. The van der Waals surface area contributed by atoms with Crippen LogP contribution in [-0.4, -0.2) is 33.8 Å². The lowest BCUT2D eigenvalue weighted by Gasteiger charge is -2.32. The van der Waals surface area contributed by atoms with E-state index in [1.54, 1.807) is 6.33 Å². The van der Waals surface area contributed by atoms with E-state index >= 15 is 0 Å². The van der Waals surface area contributed by atoms with Crippen LogP contribution in [0.15, 0.2) is 6.33 Å². The summed E-state index contributed by atoms with van der Waals surface area (Å²) in [5.74, 6) is 1.70. The van der Waals surface area contributed by atoms with Gasteiger partial charge in [0.15, 0.2) is 0 Å². The Morgan fingerprint density at radius 2 is 1.74 bits per heavy atom. The van der Waals surface area contributed by atoms with Crippen molar-refractivity contribution < 1.29 is 5.11 Å². The van der Waals surface area contributed by atoms with Crippen LogP contribution in [0, 0.1) is 0 Å². The van der Waals surface area contributed by atoms with Crippen molar-refractivity contribution in [1.82, 2.24) is 9.97 Å². The largest absolute Gasteiger partial charge is 0.394 e. The molecule has 0 aliphatic carbocycles. The minimum atomic E-state index is -0.304. The van der Waals surface area contributed by atoms with E-state index in [-0.39, 0.29) is 12.1 Å². The third-order valence-electron chi connectivity index (χ3n) is 3.68. The molecule has 1 rings (SSSR count). The summed E-state index contributed by atoms with van der Waals surface area (Å²) in [4.78, 5) is 8.63. The second kappa shape index (κ2) is 7.28. The number of aliphatic hydroxyl groups is 1. The summed E-state index contributed by atoms with van der Waals surface area (Å²) >= 11 is 0. The molecule has 3 N–H and O–H groups in total. The Balaban J connectivity index is 3.09. The molecule has 0 amide bonds. The molecule has 0 spiro atoms. The van der Waals surface area contributed by atoms with Gasteiger partial charge in [-0.15, -0.1) is 0 Å². The highest BCUT2D eigenvalue weighted by molar-refractivity contribution is 5.58. The second-order valence-corrected chi connectivity index (χ2v) is 4.70. The SMILES string of the molecule is CCNc1ncnc(NC(CC)(CC)CO)c1CC. The Bertz CT molecular complexity index is 383. The monoisotopic (exact) mass is 266 g/mol. The van der Waals surface area contributed by atoms with E-state index in [4.69, 9.17) is 0 Å². The third-order valence-corrected chi connectivity index (χ3v) is 3.68. The van der Waals surface area contributed by atoms with Gasteiger partial charge in [-0.3, -0.25) is 0 Å². The molecule has 0 saturated carbocycles. The maximum atomic E-state index is 9.65. The molecule has 0 aliphatic heterocycles. The van der Waals surface area contributed by atoms with Crippen molar-refractivity contribution in [2.75, 3.05) is 23.8 Å². The number of rotatable bonds is 8. The summed E-state index contributed by atoms with van der Waals surface area (Å²) in [6, 6.07) is 0. The topological polar surface area (TPSA) is 70.1 Å². The zero-order chi connectivity index (χ0) is 14.3. The molecular weight excluding hydrogens is 240 g/mol. The second-order valence-electron chi connectivity index (χ2n) is 4.70. The minimum Gasteiger partial charge on any atom is -0.394 e. The molecule has 0 saturated heterocycles. The first-order chi connectivity index (χ1) is 9.16. The van der Waals surface area contributed by atoms with Crippen molar-refractivity contribution in [2.24, 2.45) is 0 Å². The molecule has 0 radical (unpaired) electrons. The number of anilines is 2. The van der Waals surface area contributed by atoms with Gasteiger partial charge in [0, 0.05) is 12.1 Å². The van der Waals surface area contributed by atoms with Gasteiger partial charge in [-0.2, -0.15) is 0 Å². The molecule has 19 heavy (non-hydrogen) atoms. The highest BCUT2D eigenvalue weighted by atomic mass is 16.3. The summed E-state index contributed by atoms with van der Waals surface area (Å²) < 4.78 is 0. The molecular formula is C14H26N4O. The lowest BCUT2D eigenvalue weighted by atomic mass is 9.93. The van der Waals surface area contributed by atoms with E-state index < -0.39 is 0 Å². The minimum absolute atomic E-state index is 0.101. The fourth-order valence-electron chi connectivity index (χ4n) is 2.12. The van der Waals surface area contributed by atoms with E-state index in [1.807, 2.05) is 6.92 Å². The van der Waals surface area contributed by atoms with E-state index in [9.17, 15) is 5.11 Å². The predicted molar refractivity (Wildman–Crippen MR) is 79.6 cm³/mol. The number of hydrogen-bond donors (Lipinski definition) is 3. The van der Waals surface area contributed by atoms with E-state index in [0.29, 0.717) is 0 Å². The van der Waals surface area contributed by atoms with Crippen LogP contribution in [0.5, 0.6) is 0 Å². The summed E-state index contributed by atoms with van der Waals surface area (Å²) in [7, 11) is 0. The van der Waals surface area contributed by atoms with Gasteiger partial charge in [-0.05, 0) is 26.2 Å². The molecule has 108 valence electrons. The van der Waals surface area contributed by atoms with Crippen LogP contribution in [0.1, 0.15) is 46.1 Å². The smallest absolute Gasteiger partial charge is 0.135 e. The fraction of sp³-hybridized carbons (Fsp3) is 0.714. The first-order valence-electron chi connectivity index (χ1n) is 7.13. The zero-order valence-electron chi connectivity index (χ0n) is 12.5. The molecule has 5 nitrogen and oxygen atoms in total. The number of aromatic nitrogens is 2. The van der Waals surface area contributed by atoms with Crippen molar-refractivity contribution in [2.45, 2.75) is 52.5 Å². The van der Waals surface area contributed by atoms with Gasteiger partial charge >= 0.3 is 0 Å². The molecule has 0 aliphatic rings. The van der Waals surface area contributed by atoms with Crippen LogP contribution in [-0.2, 0) is 6.42 Å². The van der Waals surface area contributed by atoms with Crippen LogP contribution in [0.25, 0.3) is 0 Å². The molecule has 0 aromatic carbocycles. The maximum absolute atomic E-state index is 9.65. The van der Waals surface area contributed by atoms with Gasteiger partial charge in [0.1, 0.15) is 18.0 Å². The molecule has 1 aromatic heterocycles. The van der Waals surface area contributed by atoms with Gasteiger partial charge in [0.05, 0.1) is 12.1 Å².